The fourth-order valence-corrected chi connectivity index (χ4v) is 2.98. The molecule has 2 rings (SSSR count). The van der Waals surface area contributed by atoms with E-state index in [1.165, 1.54) is 11.3 Å². The maximum Gasteiger partial charge on any atom is 0.347 e. The quantitative estimate of drug-likeness (QED) is 0.848. The topological polar surface area (TPSA) is 53.4 Å². The van der Waals surface area contributed by atoms with Crippen LogP contribution >= 0.6 is 11.3 Å². The standard InChI is InChI=1S/C12H18N2O2S/c1-3-7-14(4-2)12-13-9(8-5-6-8)10(17-12)11(15)16/h8H,3-7H2,1-2H3,(H,15,16). The molecular formula is C12H18N2O2S. The molecule has 0 aromatic carbocycles. The van der Waals surface area contributed by atoms with Crippen LogP contribution in [0.25, 0.3) is 0 Å². The first-order valence-electron chi connectivity index (χ1n) is 6.16. The summed E-state index contributed by atoms with van der Waals surface area (Å²) in [5.74, 6) is -0.436. The van der Waals surface area contributed by atoms with Crippen LogP contribution in [0.1, 0.15) is 54.4 Å². The minimum Gasteiger partial charge on any atom is -0.477 e. The van der Waals surface area contributed by atoms with E-state index >= 15 is 0 Å². The van der Waals surface area contributed by atoms with Crippen LogP contribution in [0.3, 0.4) is 0 Å². The highest BCUT2D eigenvalue weighted by molar-refractivity contribution is 7.17. The third-order valence-corrected chi connectivity index (χ3v) is 4.07. The Morgan fingerprint density at radius 3 is 2.71 bits per heavy atom. The van der Waals surface area contributed by atoms with E-state index in [4.69, 9.17) is 0 Å². The van der Waals surface area contributed by atoms with Crippen LogP contribution in [0.2, 0.25) is 0 Å². The summed E-state index contributed by atoms with van der Waals surface area (Å²) < 4.78 is 0. The molecule has 4 nitrogen and oxygen atoms in total. The van der Waals surface area contributed by atoms with Crippen molar-refractivity contribution in [2.45, 2.75) is 39.0 Å². The van der Waals surface area contributed by atoms with Crippen molar-refractivity contribution in [3.8, 4) is 0 Å². The number of carboxylic acids is 1. The molecule has 1 fully saturated rings. The Morgan fingerprint density at radius 1 is 1.53 bits per heavy atom. The lowest BCUT2D eigenvalue weighted by atomic mass is 10.2. The van der Waals surface area contributed by atoms with Crippen LogP contribution in [-0.2, 0) is 0 Å². The molecule has 94 valence electrons. The maximum absolute atomic E-state index is 11.2. The average molecular weight is 254 g/mol. The van der Waals surface area contributed by atoms with Gasteiger partial charge in [0.05, 0.1) is 5.69 Å². The van der Waals surface area contributed by atoms with Crippen molar-refractivity contribution in [3.05, 3.63) is 10.6 Å². The number of thiazole rings is 1. The molecule has 1 aliphatic rings. The molecule has 1 aromatic rings. The van der Waals surface area contributed by atoms with Gasteiger partial charge in [-0.25, -0.2) is 9.78 Å². The maximum atomic E-state index is 11.2. The van der Waals surface area contributed by atoms with Gasteiger partial charge in [-0.1, -0.05) is 18.3 Å². The summed E-state index contributed by atoms with van der Waals surface area (Å²) in [6, 6.07) is 0. The van der Waals surface area contributed by atoms with E-state index in [2.05, 4.69) is 23.7 Å². The van der Waals surface area contributed by atoms with Gasteiger partial charge in [0.15, 0.2) is 5.13 Å². The van der Waals surface area contributed by atoms with Crippen molar-refractivity contribution in [1.29, 1.82) is 0 Å². The molecule has 0 radical (unpaired) electrons. The second kappa shape index (κ2) is 5.04. The van der Waals surface area contributed by atoms with Gasteiger partial charge in [-0.05, 0) is 26.2 Å². The number of aromatic nitrogens is 1. The lowest BCUT2D eigenvalue weighted by Gasteiger charge is -2.18. The molecule has 0 spiro atoms. The van der Waals surface area contributed by atoms with Gasteiger partial charge in [-0.15, -0.1) is 0 Å². The van der Waals surface area contributed by atoms with Gasteiger partial charge in [0.25, 0.3) is 0 Å². The second-order valence-corrected chi connectivity index (χ2v) is 5.35. The fraction of sp³-hybridized carbons (Fsp3) is 0.667. The minimum absolute atomic E-state index is 0.395. The summed E-state index contributed by atoms with van der Waals surface area (Å²) in [6.07, 6.45) is 3.22. The highest BCUT2D eigenvalue weighted by atomic mass is 32.1. The van der Waals surface area contributed by atoms with Crippen LogP contribution in [0, 0.1) is 0 Å². The van der Waals surface area contributed by atoms with E-state index in [1.807, 2.05) is 0 Å². The van der Waals surface area contributed by atoms with Crippen LogP contribution in [-0.4, -0.2) is 29.1 Å². The first kappa shape index (κ1) is 12.4. The van der Waals surface area contributed by atoms with Crippen molar-refractivity contribution in [1.82, 2.24) is 4.98 Å². The van der Waals surface area contributed by atoms with Gasteiger partial charge in [-0.2, -0.15) is 0 Å². The first-order chi connectivity index (χ1) is 8.17. The third-order valence-electron chi connectivity index (χ3n) is 2.95. The number of nitrogens with zero attached hydrogens (tertiary/aromatic N) is 2. The smallest absolute Gasteiger partial charge is 0.347 e. The van der Waals surface area contributed by atoms with Gasteiger partial charge in [-0.3, -0.25) is 0 Å². The van der Waals surface area contributed by atoms with Crippen LogP contribution < -0.4 is 4.90 Å². The van der Waals surface area contributed by atoms with E-state index in [1.54, 1.807) is 0 Å². The second-order valence-electron chi connectivity index (χ2n) is 4.37. The molecule has 0 atom stereocenters. The Bertz CT molecular complexity index is 413. The molecule has 1 saturated carbocycles. The molecule has 17 heavy (non-hydrogen) atoms. The van der Waals surface area contributed by atoms with E-state index < -0.39 is 5.97 Å². The summed E-state index contributed by atoms with van der Waals surface area (Å²) in [6.45, 7) is 6.02. The molecule has 0 saturated heterocycles. The Morgan fingerprint density at radius 2 is 2.24 bits per heavy atom. The number of carbonyl (C=O) groups is 1. The Balaban J connectivity index is 2.28. The van der Waals surface area contributed by atoms with Gasteiger partial charge in [0, 0.05) is 19.0 Å². The largest absolute Gasteiger partial charge is 0.477 e. The molecule has 1 aliphatic carbocycles. The molecule has 1 heterocycles. The molecule has 0 aliphatic heterocycles. The highest BCUT2D eigenvalue weighted by Crippen LogP contribution is 2.44. The van der Waals surface area contributed by atoms with E-state index in [0.29, 0.717) is 10.8 Å². The average Bonchev–Trinajstić information content (AvgIpc) is 3.05. The van der Waals surface area contributed by atoms with Gasteiger partial charge in [0.1, 0.15) is 4.88 Å². The van der Waals surface area contributed by atoms with Crippen LogP contribution in [0.4, 0.5) is 5.13 Å². The van der Waals surface area contributed by atoms with Gasteiger partial charge < -0.3 is 10.0 Å². The molecule has 5 heteroatoms. The van der Waals surface area contributed by atoms with Crippen molar-refractivity contribution >= 4 is 22.4 Å². The Kier molecular flexibility index (Phi) is 3.66. The summed E-state index contributed by atoms with van der Waals surface area (Å²) in [5.41, 5.74) is 0.812. The number of rotatable bonds is 6. The molecule has 0 bridgehead atoms. The minimum atomic E-state index is -0.830. The fourth-order valence-electron chi connectivity index (χ4n) is 1.90. The van der Waals surface area contributed by atoms with E-state index in [0.717, 1.165) is 43.2 Å². The number of anilines is 1. The number of hydrogen-bond donors (Lipinski definition) is 1. The lowest BCUT2D eigenvalue weighted by Crippen LogP contribution is -2.23. The van der Waals surface area contributed by atoms with E-state index in [9.17, 15) is 9.90 Å². The number of carboxylic acid groups (broad SMARTS) is 1. The predicted octanol–water partition coefficient (Wildman–Crippen LogP) is 2.96. The van der Waals surface area contributed by atoms with Crippen LogP contribution in [0.15, 0.2) is 0 Å². The Hall–Kier alpha value is -1.10. The summed E-state index contributed by atoms with van der Waals surface area (Å²) in [7, 11) is 0. The normalized spacial score (nSPS) is 14.9. The highest BCUT2D eigenvalue weighted by Gasteiger charge is 2.32. The van der Waals surface area contributed by atoms with Crippen LogP contribution in [0.5, 0.6) is 0 Å². The molecule has 1 aromatic heterocycles. The first-order valence-corrected chi connectivity index (χ1v) is 6.98. The molecule has 0 unspecified atom stereocenters. The summed E-state index contributed by atoms with van der Waals surface area (Å²) in [4.78, 5) is 18.3. The summed E-state index contributed by atoms with van der Waals surface area (Å²) >= 11 is 1.32. The molecule has 0 amide bonds. The number of hydrogen-bond acceptors (Lipinski definition) is 4. The van der Waals surface area contributed by atoms with Gasteiger partial charge >= 0.3 is 5.97 Å². The van der Waals surface area contributed by atoms with E-state index in [-0.39, 0.29) is 0 Å². The van der Waals surface area contributed by atoms with Gasteiger partial charge in [0.2, 0.25) is 0 Å². The number of aromatic carboxylic acids is 1. The molecular weight excluding hydrogens is 236 g/mol. The zero-order valence-corrected chi connectivity index (χ0v) is 11.1. The monoisotopic (exact) mass is 254 g/mol. The third kappa shape index (κ3) is 2.60. The SMILES string of the molecule is CCCN(CC)c1nc(C2CC2)c(C(=O)O)s1. The van der Waals surface area contributed by atoms with Crippen molar-refractivity contribution < 1.29 is 9.90 Å². The zero-order valence-electron chi connectivity index (χ0n) is 10.3. The van der Waals surface area contributed by atoms with Crippen molar-refractivity contribution in [2.75, 3.05) is 18.0 Å². The summed E-state index contributed by atoms with van der Waals surface area (Å²) in [5, 5.41) is 10.1. The Labute approximate surface area is 105 Å². The molecule has 1 N–H and O–H groups in total. The lowest BCUT2D eigenvalue weighted by molar-refractivity contribution is 0.0700. The predicted molar refractivity (Wildman–Crippen MR) is 69.2 cm³/mol. The van der Waals surface area contributed by atoms with Crippen molar-refractivity contribution in [2.24, 2.45) is 0 Å². The van der Waals surface area contributed by atoms with Crippen molar-refractivity contribution in [3.63, 3.8) is 0 Å². The zero-order chi connectivity index (χ0) is 12.4.